The number of hydrogen-bond acceptors (Lipinski definition) is 3. The highest BCUT2D eigenvalue weighted by Crippen LogP contribution is 2.20. The molecule has 0 unspecified atom stereocenters. The molecule has 0 heterocycles. The van der Waals surface area contributed by atoms with Gasteiger partial charge in [0.2, 0.25) is 5.91 Å². The van der Waals surface area contributed by atoms with Crippen LogP contribution in [-0.4, -0.2) is 19.1 Å². The summed E-state index contributed by atoms with van der Waals surface area (Å²) in [6.07, 6.45) is 1.43. The van der Waals surface area contributed by atoms with Crippen molar-refractivity contribution in [1.29, 1.82) is 0 Å². The second-order valence-corrected chi connectivity index (χ2v) is 3.73. The lowest BCUT2D eigenvalue weighted by atomic mass is 10.1. The summed E-state index contributed by atoms with van der Waals surface area (Å²) in [6, 6.07) is 3.66. The van der Waals surface area contributed by atoms with E-state index in [9.17, 15) is 9.18 Å². The molecule has 3 N–H and O–H groups in total. The quantitative estimate of drug-likeness (QED) is 0.826. The lowest BCUT2D eigenvalue weighted by Crippen LogP contribution is -2.35. The third-order valence-electron chi connectivity index (χ3n) is 2.36. The van der Waals surface area contributed by atoms with Crippen molar-refractivity contribution >= 4 is 11.6 Å². The van der Waals surface area contributed by atoms with Gasteiger partial charge in [-0.25, -0.2) is 4.39 Å². The molecule has 0 saturated carbocycles. The number of carbonyl (C=O) groups is 1. The van der Waals surface area contributed by atoms with Gasteiger partial charge in [0.05, 0.1) is 13.2 Å². The maximum atomic E-state index is 13.3. The van der Waals surface area contributed by atoms with Crippen LogP contribution in [0.5, 0.6) is 5.75 Å². The summed E-state index contributed by atoms with van der Waals surface area (Å²) in [6.45, 7) is 1.94. The number of benzene rings is 1. The molecule has 0 bridgehead atoms. The number of carbonyl (C=O) groups excluding carboxylic acids is 1. The fourth-order valence-electron chi connectivity index (χ4n) is 1.42. The van der Waals surface area contributed by atoms with Gasteiger partial charge in [-0.2, -0.15) is 0 Å². The molecule has 0 aliphatic heterocycles. The normalized spacial score (nSPS) is 12.0. The van der Waals surface area contributed by atoms with Gasteiger partial charge in [-0.3, -0.25) is 4.79 Å². The zero-order chi connectivity index (χ0) is 12.8. The molecule has 0 aliphatic carbocycles. The number of amides is 1. The van der Waals surface area contributed by atoms with Crippen molar-refractivity contribution in [1.82, 2.24) is 0 Å². The molecule has 0 radical (unpaired) electrons. The number of hydrogen-bond donors (Lipinski definition) is 2. The van der Waals surface area contributed by atoms with E-state index in [4.69, 9.17) is 10.5 Å². The number of halogens is 1. The SMILES string of the molecule is CCC[C@H](N)C(=O)Nc1ccc(OC)c(F)c1. The number of anilines is 1. The van der Waals surface area contributed by atoms with Crippen LogP contribution in [0.25, 0.3) is 0 Å². The van der Waals surface area contributed by atoms with Crippen molar-refractivity contribution in [2.75, 3.05) is 12.4 Å². The van der Waals surface area contributed by atoms with Crippen LogP contribution in [0.1, 0.15) is 19.8 Å². The smallest absolute Gasteiger partial charge is 0.241 e. The third-order valence-corrected chi connectivity index (χ3v) is 2.36. The Bertz CT molecular complexity index is 396. The minimum absolute atomic E-state index is 0.140. The van der Waals surface area contributed by atoms with Crippen molar-refractivity contribution < 1.29 is 13.9 Å². The Morgan fingerprint density at radius 1 is 1.59 bits per heavy atom. The summed E-state index contributed by atoms with van der Waals surface area (Å²) < 4.78 is 18.1. The van der Waals surface area contributed by atoms with Crippen LogP contribution in [0, 0.1) is 5.82 Å². The van der Waals surface area contributed by atoms with E-state index >= 15 is 0 Å². The Kier molecular flexibility index (Phi) is 4.90. The van der Waals surface area contributed by atoms with Gasteiger partial charge in [0.1, 0.15) is 0 Å². The molecule has 0 fully saturated rings. The zero-order valence-electron chi connectivity index (χ0n) is 10.00. The molecule has 1 aromatic carbocycles. The first kappa shape index (κ1) is 13.4. The summed E-state index contributed by atoms with van der Waals surface area (Å²) in [7, 11) is 1.38. The minimum Gasteiger partial charge on any atom is -0.494 e. The van der Waals surface area contributed by atoms with Crippen molar-refractivity contribution in [2.45, 2.75) is 25.8 Å². The molecule has 4 nitrogen and oxygen atoms in total. The van der Waals surface area contributed by atoms with Crippen LogP contribution in [0.3, 0.4) is 0 Å². The summed E-state index contributed by atoms with van der Waals surface area (Å²) in [5.74, 6) is -0.688. The van der Waals surface area contributed by atoms with Gasteiger partial charge in [-0.1, -0.05) is 13.3 Å². The summed E-state index contributed by atoms with van der Waals surface area (Å²) in [5, 5.41) is 2.56. The fourth-order valence-corrected chi connectivity index (χ4v) is 1.42. The maximum absolute atomic E-state index is 13.3. The van der Waals surface area contributed by atoms with Crippen molar-refractivity contribution in [3.63, 3.8) is 0 Å². The summed E-state index contributed by atoms with van der Waals surface area (Å²) in [5.41, 5.74) is 6.01. The Morgan fingerprint density at radius 2 is 2.29 bits per heavy atom. The molecule has 0 spiro atoms. The highest BCUT2D eigenvalue weighted by Gasteiger charge is 2.13. The monoisotopic (exact) mass is 240 g/mol. The number of rotatable bonds is 5. The van der Waals surface area contributed by atoms with Crippen LogP contribution in [0.2, 0.25) is 0 Å². The van der Waals surface area contributed by atoms with E-state index in [1.54, 1.807) is 6.07 Å². The first-order chi connectivity index (χ1) is 8.08. The fraction of sp³-hybridized carbons (Fsp3) is 0.417. The molecule has 17 heavy (non-hydrogen) atoms. The van der Waals surface area contributed by atoms with E-state index in [-0.39, 0.29) is 11.7 Å². The van der Waals surface area contributed by atoms with Gasteiger partial charge >= 0.3 is 0 Å². The van der Waals surface area contributed by atoms with Crippen LogP contribution in [0.4, 0.5) is 10.1 Å². The van der Waals surface area contributed by atoms with Crippen molar-refractivity contribution in [3.05, 3.63) is 24.0 Å². The molecule has 0 saturated heterocycles. The summed E-state index contributed by atoms with van der Waals surface area (Å²) >= 11 is 0. The molecule has 1 atom stereocenters. The van der Waals surface area contributed by atoms with Crippen LogP contribution in [0.15, 0.2) is 18.2 Å². The zero-order valence-corrected chi connectivity index (χ0v) is 10.00. The number of methoxy groups -OCH3 is 1. The van der Waals surface area contributed by atoms with Gasteiger partial charge in [0.25, 0.3) is 0 Å². The van der Waals surface area contributed by atoms with Gasteiger partial charge < -0.3 is 15.8 Å². The Hall–Kier alpha value is -1.62. The third kappa shape index (κ3) is 3.71. The van der Waals surface area contributed by atoms with E-state index in [0.29, 0.717) is 12.1 Å². The molecule has 0 aromatic heterocycles. The molecular weight excluding hydrogens is 223 g/mol. The van der Waals surface area contributed by atoms with Crippen LogP contribution < -0.4 is 15.8 Å². The molecule has 1 rings (SSSR count). The van der Waals surface area contributed by atoms with E-state index in [1.807, 2.05) is 6.92 Å². The van der Waals surface area contributed by atoms with E-state index < -0.39 is 11.9 Å². The largest absolute Gasteiger partial charge is 0.494 e. The first-order valence-corrected chi connectivity index (χ1v) is 5.48. The molecule has 94 valence electrons. The van der Waals surface area contributed by atoms with Crippen LogP contribution >= 0.6 is 0 Å². The highest BCUT2D eigenvalue weighted by molar-refractivity contribution is 5.94. The van der Waals surface area contributed by atoms with Gasteiger partial charge in [-0.05, 0) is 18.6 Å². The lowest BCUT2D eigenvalue weighted by Gasteiger charge is -2.11. The van der Waals surface area contributed by atoms with Crippen LogP contribution in [-0.2, 0) is 4.79 Å². The Morgan fingerprint density at radius 3 is 2.82 bits per heavy atom. The van der Waals surface area contributed by atoms with E-state index in [2.05, 4.69) is 5.32 Å². The van der Waals surface area contributed by atoms with Crippen molar-refractivity contribution in [2.24, 2.45) is 5.73 Å². The molecule has 5 heteroatoms. The first-order valence-electron chi connectivity index (χ1n) is 5.48. The highest BCUT2D eigenvalue weighted by atomic mass is 19.1. The summed E-state index contributed by atoms with van der Waals surface area (Å²) in [4.78, 5) is 11.6. The lowest BCUT2D eigenvalue weighted by molar-refractivity contribution is -0.117. The molecule has 0 aliphatic rings. The van der Waals surface area contributed by atoms with Gasteiger partial charge in [-0.15, -0.1) is 0 Å². The molecular formula is C12H17FN2O2. The second-order valence-electron chi connectivity index (χ2n) is 3.73. The maximum Gasteiger partial charge on any atom is 0.241 e. The second kappa shape index (κ2) is 6.20. The standard InChI is InChI=1S/C12H17FN2O2/c1-3-4-10(14)12(16)15-8-5-6-11(17-2)9(13)7-8/h5-7,10H,3-4,14H2,1-2H3,(H,15,16)/t10-/m0/s1. The average Bonchev–Trinajstić information content (AvgIpc) is 2.29. The minimum atomic E-state index is -0.565. The van der Waals surface area contributed by atoms with E-state index in [0.717, 1.165) is 6.42 Å². The average molecular weight is 240 g/mol. The Balaban J connectivity index is 2.69. The molecule has 1 amide bonds. The number of nitrogens with one attached hydrogen (secondary N) is 1. The van der Waals surface area contributed by atoms with Gasteiger partial charge in [0.15, 0.2) is 11.6 Å². The van der Waals surface area contributed by atoms with Gasteiger partial charge in [0, 0.05) is 11.8 Å². The molecule has 1 aromatic rings. The predicted molar refractivity (Wildman–Crippen MR) is 64.5 cm³/mol. The number of ether oxygens (including phenoxy) is 1. The Labute approximate surface area is 100.0 Å². The van der Waals surface area contributed by atoms with E-state index in [1.165, 1.54) is 19.2 Å². The van der Waals surface area contributed by atoms with Crippen molar-refractivity contribution in [3.8, 4) is 5.75 Å². The topological polar surface area (TPSA) is 64.4 Å². The predicted octanol–water partition coefficient (Wildman–Crippen LogP) is 1.90. The number of nitrogens with two attached hydrogens (primary N) is 1.